The minimum atomic E-state index is -4.46. The van der Waals surface area contributed by atoms with Crippen molar-refractivity contribution in [3.05, 3.63) is 47.3 Å². The minimum absolute atomic E-state index is 0.480. The normalized spacial score (nSPS) is 11.6. The average Bonchev–Trinajstić information content (AvgIpc) is 2.77. The van der Waals surface area contributed by atoms with Crippen molar-refractivity contribution in [3.8, 4) is 5.69 Å². The van der Waals surface area contributed by atoms with Crippen molar-refractivity contribution < 1.29 is 18.0 Å². The third-order valence-corrected chi connectivity index (χ3v) is 2.52. The summed E-state index contributed by atoms with van der Waals surface area (Å²) in [6, 6.07) is 5.61. The smallest absolute Gasteiger partial charge is 0.298 e. The van der Waals surface area contributed by atoms with Crippen molar-refractivity contribution in [2.75, 3.05) is 0 Å². The lowest BCUT2D eigenvalue weighted by atomic mass is 10.1. The average molecular weight is 254 g/mol. The van der Waals surface area contributed by atoms with Crippen LogP contribution in [0.5, 0.6) is 0 Å². The molecule has 0 aliphatic carbocycles. The molecule has 0 amide bonds. The van der Waals surface area contributed by atoms with Crippen LogP contribution in [0.2, 0.25) is 0 Å². The zero-order valence-corrected chi connectivity index (χ0v) is 9.40. The lowest BCUT2D eigenvalue weighted by Crippen LogP contribution is -2.07. The Kier molecular flexibility index (Phi) is 2.94. The molecule has 0 aliphatic heterocycles. The zero-order chi connectivity index (χ0) is 13.3. The highest BCUT2D eigenvalue weighted by molar-refractivity contribution is 5.77. The fourth-order valence-corrected chi connectivity index (χ4v) is 1.55. The summed E-state index contributed by atoms with van der Waals surface area (Å²) in [5.74, 6) is 0. The van der Waals surface area contributed by atoms with Crippen LogP contribution in [-0.2, 0) is 6.18 Å². The summed E-state index contributed by atoms with van der Waals surface area (Å²) < 4.78 is 38.3. The van der Waals surface area contributed by atoms with E-state index in [0.717, 1.165) is 10.7 Å². The number of carbonyl (C=O) groups is 1. The molecule has 0 radical (unpaired) electrons. The maximum absolute atomic E-state index is 12.4. The molecule has 6 heteroatoms. The number of aromatic nitrogens is 2. The van der Waals surface area contributed by atoms with Crippen molar-refractivity contribution in [2.24, 2.45) is 0 Å². The van der Waals surface area contributed by atoms with Gasteiger partial charge >= 0.3 is 6.18 Å². The van der Waals surface area contributed by atoms with E-state index in [4.69, 9.17) is 0 Å². The van der Waals surface area contributed by atoms with Crippen molar-refractivity contribution in [1.29, 1.82) is 0 Å². The van der Waals surface area contributed by atoms with Crippen LogP contribution in [0.3, 0.4) is 0 Å². The number of halogens is 3. The molecule has 1 aromatic heterocycles. The topological polar surface area (TPSA) is 34.9 Å². The van der Waals surface area contributed by atoms with Crippen LogP contribution in [0.25, 0.3) is 5.69 Å². The van der Waals surface area contributed by atoms with Gasteiger partial charge in [-0.05, 0) is 36.8 Å². The van der Waals surface area contributed by atoms with E-state index in [0.29, 0.717) is 23.1 Å². The van der Waals surface area contributed by atoms with Gasteiger partial charge in [0.2, 0.25) is 0 Å². The van der Waals surface area contributed by atoms with Crippen molar-refractivity contribution in [3.63, 3.8) is 0 Å². The number of aryl methyl sites for hydroxylation is 1. The van der Waals surface area contributed by atoms with E-state index in [2.05, 4.69) is 5.10 Å². The van der Waals surface area contributed by atoms with Crippen LogP contribution < -0.4 is 0 Å². The molecule has 0 bridgehead atoms. The van der Waals surface area contributed by atoms with Gasteiger partial charge in [-0.3, -0.25) is 4.79 Å². The quantitative estimate of drug-likeness (QED) is 0.772. The van der Waals surface area contributed by atoms with Crippen LogP contribution in [0.1, 0.15) is 21.6 Å². The van der Waals surface area contributed by atoms with Crippen LogP contribution in [0.4, 0.5) is 13.2 Å². The van der Waals surface area contributed by atoms with Gasteiger partial charge in [-0.2, -0.15) is 18.3 Å². The Morgan fingerprint density at radius 2 is 2.00 bits per heavy atom. The second kappa shape index (κ2) is 4.29. The molecule has 0 spiro atoms. The van der Waals surface area contributed by atoms with E-state index in [1.165, 1.54) is 6.20 Å². The highest BCUT2D eigenvalue weighted by Gasteiger charge is 2.33. The monoisotopic (exact) mass is 254 g/mol. The number of benzene rings is 1. The highest BCUT2D eigenvalue weighted by Crippen LogP contribution is 2.28. The number of carbonyl (C=O) groups excluding carboxylic acids is 1. The summed E-state index contributed by atoms with van der Waals surface area (Å²) in [7, 11) is 0. The maximum Gasteiger partial charge on any atom is 0.435 e. The second-order valence-electron chi connectivity index (χ2n) is 3.80. The molecular formula is C12H9F3N2O. The molecule has 0 atom stereocenters. The number of rotatable bonds is 2. The lowest BCUT2D eigenvalue weighted by Gasteiger charge is -2.05. The van der Waals surface area contributed by atoms with Crippen LogP contribution >= 0.6 is 0 Å². The Balaban J connectivity index is 2.40. The van der Waals surface area contributed by atoms with Gasteiger partial charge in [0.1, 0.15) is 6.29 Å². The Bertz CT molecular complexity index is 587. The molecule has 18 heavy (non-hydrogen) atoms. The number of hydrogen-bond acceptors (Lipinski definition) is 2. The lowest BCUT2D eigenvalue weighted by molar-refractivity contribution is -0.141. The summed E-state index contributed by atoms with van der Waals surface area (Å²) in [5, 5.41) is 3.45. The summed E-state index contributed by atoms with van der Waals surface area (Å²) in [6.45, 7) is 1.71. The van der Waals surface area contributed by atoms with Gasteiger partial charge in [0.25, 0.3) is 0 Å². The van der Waals surface area contributed by atoms with Crippen LogP contribution in [-0.4, -0.2) is 16.1 Å². The first-order valence-electron chi connectivity index (χ1n) is 5.11. The highest BCUT2D eigenvalue weighted by atomic mass is 19.4. The molecule has 3 nitrogen and oxygen atoms in total. The second-order valence-corrected chi connectivity index (χ2v) is 3.80. The summed E-state index contributed by atoms with van der Waals surface area (Å²) >= 11 is 0. The molecule has 0 fully saturated rings. The molecular weight excluding hydrogens is 245 g/mol. The maximum atomic E-state index is 12.4. The van der Waals surface area contributed by atoms with Gasteiger partial charge in [0.05, 0.1) is 5.69 Å². The van der Waals surface area contributed by atoms with Gasteiger partial charge in [0.15, 0.2) is 5.69 Å². The van der Waals surface area contributed by atoms with E-state index in [9.17, 15) is 18.0 Å². The Morgan fingerprint density at radius 1 is 1.28 bits per heavy atom. The molecule has 0 N–H and O–H groups in total. The summed E-state index contributed by atoms with van der Waals surface area (Å²) in [6.07, 6.45) is -2.52. The van der Waals surface area contributed by atoms with E-state index in [-0.39, 0.29) is 0 Å². The SMILES string of the molecule is Cc1cc(-n2ccc(C(F)(F)F)n2)ccc1C=O. The minimum Gasteiger partial charge on any atom is -0.298 e. The third kappa shape index (κ3) is 2.27. The summed E-state index contributed by atoms with van der Waals surface area (Å²) in [5.41, 5.74) is 0.724. The number of hydrogen-bond donors (Lipinski definition) is 0. The summed E-state index contributed by atoms with van der Waals surface area (Å²) in [4.78, 5) is 10.6. The van der Waals surface area contributed by atoms with Gasteiger partial charge in [0, 0.05) is 11.8 Å². The predicted molar refractivity (Wildman–Crippen MR) is 58.7 cm³/mol. The van der Waals surface area contributed by atoms with E-state index >= 15 is 0 Å². The fourth-order valence-electron chi connectivity index (χ4n) is 1.55. The first-order chi connectivity index (χ1) is 8.41. The molecule has 94 valence electrons. The number of alkyl halides is 3. The van der Waals surface area contributed by atoms with Crippen molar-refractivity contribution in [1.82, 2.24) is 9.78 Å². The number of aldehydes is 1. The molecule has 0 saturated carbocycles. The predicted octanol–water partition coefficient (Wildman–Crippen LogP) is 3.01. The molecule has 2 rings (SSSR count). The van der Waals surface area contributed by atoms with E-state index < -0.39 is 11.9 Å². The van der Waals surface area contributed by atoms with Gasteiger partial charge in [-0.1, -0.05) is 0 Å². The van der Waals surface area contributed by atoms with Gasteiger partial charge in [-0.15, -0.1) is 0 Å². The molecule has 1 aromatic carbocycles. The van der Waals surface area contributed by atoms with Crippen molar-refractivity contribution in [2.45, 2.75) is 13.1 Å². The zero-order valence-electron chi connectivity index (χ0n) is 9.40. The fraction of sp³-hybridized carbons (Fsp3) is 0.167. The van der Waals surface area contributed by atoms with E-state index in [1.54, 1.807) is 25.1 Å². The molecule has 1 heterocycles. The first kappa shape index (κ1) is 12.3. The van der Waals surface area contributed by atoms with Crippen LogP contribution in [0.15, 0.2) is 30.5 Å². The Hall–Kier alpha value is -2.11. The molecule has 0 aliphatic rings. The Morgan fingerprint density at radius 3 is 2.50 bits per heavy atom. The van der Waals surface area contributed by atoms with Crippen LogP contribution in [0, 0.1) is 6.92 Å². The first-order valence-corrected chi connectivity index (χ1v) is 5.11. The number of nitrogens with zero attached hydrogens (tertiary/aromatic N) is 2. The molecule has 0 unspecified atom stereocenters. The van der Waals surface area contributed by atoms with Crippen molar-refractivity contribution >= 4 is 6.29 Å². The van der Waals surface area contributed by atoms with E-state index in [1.807, 2.05) is 0 Å². The molecule has 0 saturated heterocycles. The Labute approximate surface area is 101 Å². The standard InChI is InChI=1S/C12H9F3N2O/c1-8-6-10(3-2-9(8)7-18)17-5-4-11(16-17)12(13,14)15/h2-7H,1H3. The largest absolute Gasteiger partial charge is 0.435 e. The van der Waals surface area contributed by atoms with Gasteiger partial charge < -0.3 is 0 Å². The van der Waals surface area contributed by atoms with Gasteiger partial charge in [-0.25, -0.2) is 4.68 Å². The molecule has 2 aromatic rings. The third-order valence-electron chi connectivity index (χ3n) is 2.52.